The zero-order chi connectivity index (χ0) is 9.19. The molecule has 1 aliphatic carbocycles. The molecule has 1 unspecified atom stereocenters. The molecule has 0 aromatic carbocycles. The molecule has 0 bridgehead atoms. The number of hydrazine groups is 1. The molecule has 1 fully saturated rings. The van der Waals surface area contributed by atoms with E-state index in [2.05, 4.69) is 12.3 Å². The third-order valence-corrected chi connectivity index (χ3v) is 2.80. The first-order valence-corrected chi connectivity index (χ1v) is 4.80. The van der Waals surface area contributed by atoms with Crippen molar-refractivity contribution >= 4 is 0 Å². The van der Waals surface area contributed by atoms with Crippen LogP contribution in [0.2, 0.25) is 0 Å². The molecular weight excluding hydrogens is 150 g/mol. The monoisotopic (exact) mass is 171 g/mol. The van der Waals surface area contributed by atoms with Crippen molar-refractivity contribution in [1.82, 2.24) is 10.4 Å². The summed E-state index contributed by atoms with van der Waals surface area (Å²) in [7, 11) is 4.06. The molecule has 12 heavy (non-hydrogen) atoms. The predicted molar refractivity (Wildman–Crippen MR) is 51.6 cm³/mol. The van der Waals surface area contributed by atoms with Gasteiger partial charge in [-0.3, -0.25) is 5.01 Å². The Morgan fingerprint density at radius 3 is 2.33 bits per heavy atom. The van der Waals surface area contributed by atoms with Crippen LogP contribution in [0.15, 0.2) is 0 Å². The van der Waals surface area contributed by atoms with Gasteiger partial charge in [0.25, 0.3) is 0 Å². The summed E-state index contributed by atoms with van der Waals surface area (Å²) in [6.07, 6.45) is 3.80. The molecule has 0 amide bonds. The van der Waals surface area contributed by atoms with Crippen LogP contribution in [0.25, 0.3) is 0 Å². The highest BCUT2D eigenvalue weighted by atomic mass is 15.5. The number of hydrogen-bond donors (Lipinski definition) is 2. The zero-order valence-corrected chi connectivity index (χ0v) is 8.43. The van der Waals surface area contributed by atoms with Crippen molar-refractivity contribution in [2.24, 2.45) is 11.7 Å². The van der Waals surface area contributed by atoms with Crippen LogP contribution < -0.4 is 11.2 Å². The molecule has 0 radical (unpaired) electrons. The summed E-state index contributed by atoms with van der Waals surface area (Å²) in [5.41, 5.74) is 9.45. The summed E-state index contributed by atoms with van der Waals surface area (Å²) in [4.78, 5) is 0. The van der Waals surface area contributed by atoms with Gasteiger partial charge in [0.05, 0.1) is 0 Å². The molecule has 3 nitrogen and oxygen atoms in total. The Morgan fingerprint density at radius 1 is 1.50 bits per heavy atom. The van der Waals surface area contributed by atoms with Crippen molar-refractivity contribution in [2.75, 3.05) is 20.6 Å². The Labute approximate surface area is 75.3 Å². The fourth-order valence-corrected chi connectivity index (χ4v) is 1.90. The second-order valence-corrected chi connectivity index (χ2v) is 3.99. The molecule has 0 aliphatic heterocycles. The van der Waals surface area contributed by atoms with Crippen LogP contribution in [0.5, 0.6) is 0 Å². The average molecular weight is 171 g/mol. The lowest BCUT2D eigenvalue weighted by Crippen LogP contribution is -2.57. The molecular formula is C9H21N3. The summed E-state index contributed by atoms with van der Waals surface area (Å²) >= 11 is 0. The number of hydrogen-bond acceptors (Lipinski definition) is 3. The van der Waals surface area contributed by atoms with Crippen molar-refractivity contribution < 1.29 is 0 Å². The van der Waals surface area contributed by atoms with E-state index in [0.717, 1.165) is 18.9 Å². The second kappa shape index (κ2) is 3.73. The first kappa shape index (κ1) is 9.96. The Kier molecular flexibility index (Phi) is 3.09. The fourth-order valence-electron chi connectivity index (χ4n) is 1.90. The van der Waals surface area contributed by atoms with Gasteiger partial charge in [0.1, 0.15) is 0 Å². The molecule has 1 rings (SSSR count). The Hall–Kier alpha value is -0.120. The normalized spacial score (nSPS) is 22.8. The summed E-state index contributed by atoms with van der Waals surface area (Å²) in [6, 6.07) is 0. The quantitative estimate of drug-likeness (QED) is 0.594. The molecule has 1 atom stereocenters. The van der Waals surface area contributed by atoms with E-state index in [0.29, 0.717) is 0 Å². The molecule has 1 saturated carbocycles. The zero-order valence-electron chi connectivity index (χ0n) is 8.43. The predicted octanol–water partition coefficient (Wildman–Crippen LogP) is 0.570. The molecule has 72 valence electrons. The van der Waals surface area contributed by atoms with Crippen LogP contribution in [0, 0.1) is 5.92 Å². The van der Waals surface area contributed by atoms with E-state index in [4.69, 9.17) is 5.73 Å². The van der Waals surface area contributed by atoms with Gasteiger partial charge in [-0.15, -0.1) is 0 Å². The molecule has 0 saturated heterocycles. The highest BCUT2D eigenvalue weighted by molar-refractivity contribution is 5.00. The highest BCUT2D eigenvalue weighted by Gasteiger charge is 2.43. The largest absolute Gasteiger partial charge is 0.329 e. The van der Waals surface area contributed by atoms with E-state index in [9.17, 15) is 0 Å². The minimum atomic E-state index is 0.170. The maximum Gasteiger partial charge on any atom is 0.0473 e. The third kappa shape index (κ3) is 1.97. The van der Waals surface area contributed by atoms with E-state index in [1.165, 1.54) is 12.8 Å². The number of nitrogens with one attached hydrogen (secondary N) is 1. The van der Waals surface area contributed by atoms with Crippen molar-refractivity contribution in [3.05, 3.63) is 0 Å². The fraction of sp³-hybridized carbons (Fsp3) is 1.00. The van der Waals surface area contributed by atoms with Gasteiger partial charge in [0.15, 0.2) is 0 Å². The smallest absolute Gasteiger partial charge is 0.0473 e. The third-order valence-electron chi connectivity index (χ3n) is 2.80. The van der Waals surface area contributed by atoms with Crippen molar-refractivity contribution in [1.29, 1.82) is 0 Å². The SMILES string of the molecule is CCC(CN)(NN(C)C)C1CC1. The van der Waals surface area contributed by atoms with Crippen molar-refractivity contribution in [3.8, 4) is 0 Å². The second-order valence-electron chi connectivity index (χ2n) is 3.99. The molecule has 0 aromatic heterocycles. The van der Waals surface area contributed by atoms with E-state index >= 15 is 0 Å². The first-order chi connectivity index (χ1) is 5.64. The lowest BCUT2D eigenvalue weighted by atomic mass is 9.91. The van der Waals surface area contributed by atoms with Gasteiger partial charge in [-0.05, 0) is 25.2 Å². The van der Waals surface area contributed by atoms with Crippen LogP contribution in [0.3, 0.4) is 0 Å². The lowest BCUT2D eigenvalue weighted by Gasteiger charge is -2.35. The van der Waals surface area contributed by atoms with E-state index in [1.54, 1.807) is 0 Å². The van der Waals surface area contributed by atoms with Crippen LogP contribution in [-0.4, -0.2) is 31.2 Å². The van der Waals surface area contributed by atoms with Gasteiger partial charge >= 0.3 is 0 Å². The Bertz CT molecular complexity index is 137. The maximum absolute atomic E-state index is 5.82. The minimum absolute atomic E-state index is 0.170. The maximum atomic E-state index is 5.82. The summed E-state index contributed by atoms with van der Waals surface area (Å²) in [6.45, 7) is 2.95. The van der Waals surface area contributed by atoms with Crippen LogP contribution >= 0.6 is 0 Å². The van der Waals surface area contributed by atoms with E-state index in [1.807, 2.05) is 19.1 Å². The molecule has 3 heteroatoms. The first-order valence-electron chi connectivity index (χ1n) is 4.80. The molecule has 0 aromatic rings. The average Bonchev–Trinajstić information content (AvgIpc) is 2.82. The van der Waals surface area contributed by atoms with Crippen LogP contribution in [0.4, 0.5) is 0 Å². The molecule has 1 aliphatic rings. The number of rotatable bonds is 5. The number of nitrogens with two attached hydrogens (primary N) is 1. The van der Waals surface area contributed by atoms with Crippen molar-refractivity contribution in [2.45, 2.75) is 31.7 Å². The van der Waals surface area contributed by atoms with Gasteiger partial charge in [-0.1, -0.05) is 6.92 Å². The molecule has 0 spiro atoms. The van der Waals surface area contributed by atoms with E-state index in [-0.39, 0.29) is 5.54 Å². The summed E-state index contributed by atoms with van der Waals surface area (Å²) in [5.74, 6) is 0.801. The Morgan fingerprint density at radius 2 is 2.08 bits per heavy atom. The van der Waals surface area contributed by atoms with Gasteiger partial charge in [-0.25, -0.2) is 5.43 Å². The van der Waals surface area contributed by atoms with Gasteiger partial charge in [-0.2, -0.15) is 0 Å². The van der Waals surface area contributed by atoms with Gasteiger partial charge < -0.3 is 5.73 Å². The topological polar surface area (TPSA) is 41.3 Å². The van der Waals surface area contributed by atoms with Crippen molar-refractivity contribution in [3.63, 3.8) is 0 Å². The minimum Gasteiger partial charge on any atom is -0.329 e. The van der Waals surface area contributed by atoms with Crippen LogP contribution in [-0.2, 0) is 0 Å². The summed E-state index contributed by atoms with van der Waals surface area (Å²) in [5, 5.41) is 2.02. The lowest BCUT2D eigenvalue weighted by molar-refractivity contribution is 0.137. The Balaban J connectivity index is 2.55. The van der Waals surface area contributed by atoms with Gasteiger partial charge in [0, 0.05) is 26.2 Å². The van der Waals surface area contributed by atoms with Crippen LogP contribution in [0.1, 0.15) is 26.2 Å². The standard InChI is InChI=1S/C9H21N3/c1-4-9(7-10,8-5-6-8)11-12(2)3/h8,11H,4-7,10H2,1-3H3. The van der Waals surface area contributed by atoms with Gasteiger partial charge in [0.2, 0.25) is 0 Å². The number of nitrogens with zero attached hydrogens (tertiary/aromatic N) is 1. The summed E-state index contributed by atoms with van der Waals surface area (Å²) < 4.78 is 0. The highest BCUT2D eigenvalue weighted by Crippen LogP contribution is 2.40. The van der Waals surface area contributed by atoms with E-state index < -0.39 is 0 Å². The molecule has 3 N–H and O–H groups in total. The molecule has 0 heterocycles.